The van der Waals surface area contributed by atoms with Gasteiger partial charge in [-0.3, -0.25) is 9.88 Å². The Morgan fingerprint density at radius 1 is 1.47 bits per heavy atom. The van der Waals surface area contributed by atoms with Crippen LogP contribution >= 0.6 is 11.6 Å². The molecule has 0 aliphatic carbocycles. The average molecular weight is 283 g/mol. The predicted molar refractivity (Wildman–Crippen MR) is 79.7 cm³/mol. The maximum absolute atomic E-state index is 6.21. The third-order valence-corrected chi connectivity index (χ3v) is 4.37. The summed E-state index contributed by atoms with van der Waals surface area (Å²) >= 11 is 6.21. The molecule has 2 rings (SSSR count). The molecule has 106 valence electrons. The molecule has 1 aliphatic rings. The highest BCUT2D eigenvalue weighted by atomic mass is 35.5. The fourth-order valence-corrected chi connectivity index (χ4v) is 2.91. The van der Waals surface area contributed by atoms with E-state index in [1.54, 1.807) is 6.20 Å². The van der Waals surface area contributed by atoms with Crippen molar-refractivity contribution in [3.8, 4) is 0 Å². The maximum atomic E-state index is 6.21. The lowest BCUT2D eigenvalue weighted by atomic mass is 9.97. The fourth-order valence-electron chi connectivity index (χ4n) is 2.72. The van der Waals surface area contributed by atoms with Gasteiger partial charge in [-0.2, -0.15) is 0 Å². The van der Waals surface area contributed by atoms with Crippen LogP contribution in [-0.2, 0) is 6.42 Å². The number of piperazine rings is 1. The molecule has 2 atom stereocenters. The quantitative estimate of drug-likeness (QED) is 0.897. The van der Waals surface area contributed by atoms with Crippen LogP contribution in [0, 0.1) is 0 Å². The van der Waals surface area contributed by atoms with Crippen molar-refractivity contribution in [1.82, 2.24) is 20.1 Å². The summed E-state index contributed by atoms with van der Waals surface area (Å²) in [5.74, 6) is 0. The third-order valence-electron chi connectivity index (χ3n) is 4.03. The van der Waals surface area contributed by atoms with Crippen LogP contribution in [0.3, 0.4) is 0 Å². The van der Waals surface area contributed by atoms with Gasteiger partial charge in [0.2, 0.25) is 0 Å². The van der Waals surface area contributed by atoms with E-state index in [1.165, 1.54) is 0 Å². The number of hydrogen-bond acceptors (Lipinski definition) is 4. The largest absolute Gasteiger partial charge is 0.315 e. The first-order valence-electron chi connectivity index (χ1n) is 6.76. The Labute approximate surface area is 120 Å². The van der Waals surface area contributed by atoms with Crippen LogP contribution in [0.5, 0.6) is 0 Å². The minimum Gasteiger partial charge on any atom is -0.315 e. The number of aromatic nitrogens is 1. The van der Waals surface area contributed by atoms with E-state index in [-0.39, 0.29) is 0 Å². The van der Waals surface area contributed by atoms with E-state index in [0.717, 1.165) is 36.6 Å². The number of pyridine rings is 1. The zero-order valence-corrected chi connectivity index (χ0v) is 12.7. The second kappa shape index (κ2) is 6.66. The van der Waals surface area contributed by atoms with Gasteiger partial charge in [-0.15, -0.1) is 0 Å². The van der Waals surface area contributed by atoms with Gasteiger partial charge in [0.1, 0.15) is 0 Å². The van der Waals surface area contributed by atoms with Crippen molar-refractivity contribution in [2.75, 3.05) is 40.8 Å². The first-order valence-corrected chi connectivity index (χ1v) is 7.14. The number of hydrogen-bond donors (Lipinski definition) is 1. The van der Waals surface area contributed by atoms with Crippen molar-refractivity contribution in [1.29, 1.82) is 0 Å². The van der Waals surface area contributed by atoms with Crippen molar-refractivity contribution in [2.45, 2.75) is 18.5 Å². The van der Waals surface area contributed by atoms with Crippen LogP contribution in [0.25, 0.3) is 0 Å². The number of rotatable bonds is 4. The molecule has 0 spiro atoms. The molecule has 0 saturated carbocycles. The van der Waals surface area contributed by atoms with Crippen molar-refractivity contribution in [3.05, 3.63) is 29.0 Å². The standard InChI is InChI=1S/C14H23ClN4/c1-16-13(8-11-4-5-17-9-12(11)15)14-10-18(2)6-7-19(14)3/h4-5,9,13-14,16H,6-8,10H2,1-3H3. The number of likely N-dealkylation sites (N-methyl/N-ethyl adjacent to an activating group) is 3. The lowest BCUT2D eigenvalue weighted by Gasteiger charge is -2.42. The zero-order valence-electron chi connectivity index (χ0n) is 11.9. The molecular formula is C14H23ClN4. The van der Waals surface area contributed by atoms with Gasteiger partial charge >= 0.3 is 0 Å². The fraction of sp³-hybridized carbons (Fsp3) is 0.643. The molecule has 0 bridgehead atoms. The monoisotopic (exact) mass is 282 g/mol. The molecule has 1 N–H and O–H groups in total. The molecule has 0 amide bonds. The van der Waals surface area contributed by atoms with Gasteiger partial charge in [-0.25, -0.2) is 0 Å². The van der Waals surface area contributed by atoms with E-state index in [4.69, 9.17) is 11.6 Å². The summed E-state index contributed by atoms with van der Waals surface area (Å²) in [5, 5.41) is 4.21. The lowest BCUT2D eigenvalue weighted by molar-refractivity contribution is 0.0897. The molecule has 2 heterocycles. The van der Waals surface area contributed by atoms with Crippen molar-refractivity contribution in [3.63, 3.8) is 0 Å². The first kappa shape index (κ1) is 14.7. The SMILES string of the molecule is CNC(Cc1ccncc1Cl)C1CN(C)CCN1C. The summed E-state index contributed by atoms with van der Waals surface area (Å²) in [6, 6.07) is 2.92. The Hall–Kier alpha value is -0.680. The summed E-state index contributed by atoms with van der Waals surface area (Å²) in [7, 11) is 6.42. The van der Waals surface area contributed by atoms with Gasteiger partial charge in [-0.1, -0.05) is 11.6 Å². The second-order valence-corrected chi connectivity index (χ2v) is 5.78. The van der Waals surface area contributed by atoms with E-state index >= 15 is 0 Å². The Kier molecular flexibility index (Phi) is 5.16. The molecule has 4 nitrogen and oxygen atoms in total. The van der Waals surface area contributed by atoms with Crippen LogP contribution < -0.4 is 5.32 Å². The lowest BCUT2D eigenvalue weighted by Crippen LogP contribution is -2.58. The summed E-state index contributed by atoms with van der Waals surface area (Å²) in [6.45, 7) is 3.34. The highest BCUT2D eigenvalue weighted by molar-refractivity contribution is 6.31. The van der Waals surface area contributed by atoms with Crippen LogP contribution in [0.1, 0.15) is 5.56 Å². The topological polar surface area (TPSA) is 31.4 Å². The summed E-state index contributed by atoms with van der Waals surface area (Å²) in [6.07, 6.45) is 4.46. The van der Waals surface area contributed by atoms with Crippen LogP contribution in [0.15, 0.2) is 18.5 Å². The van der Waals surface area contributed by atoms with E-state index in [1.807, 2.05) is 19.3 Å². The average Bonchev–Trinajstić information content (AvgIpc) is 2.41. The highest BCUT2D eigenvalue weighted by Crippen LogP contribution is 2.19. The third kappa shape index (κ3) is 3.66. The number of halogens is 1. The smallest absolute Gasteiger partial charge is 0.0621 e. The predicted octanol–water partition coefficient (Wildman–Crippen LogP) is 1.11. The van der Waals surface area contributed by atoms with Crippen LogP contribution in [0.4, 0.5) is 0 Å². The van der Waals surface area contributed by atoms with E-state index in [0.29, 0.717) is 12.1 Å². The zero-order chi connectivity index (χ0) is 13.8. The highest BCUT2D eigenvalue weighted by Gasteiger charge is 2.29. The molecular weight excluding hydrogens is 260 g/mol. The van der Waals surface area contributed by atoms with Gasteiger partial charge in [0.05, 0.1) is 5.02 Å². The van der Waals surface area contributed by atoms with Gasteiger partial charge < -0.3 is 10.2 Å². The van der Waals surface area contributed by atoms with Gasteiger partial charge in [-0.05, 0) is 39.2 Å². The Morgan fingerprint density at radius 3 is 2.95 bits per heavy atom. The second-order valence-electron chi connectivity index (χ2n) is 5.38. The minimum atomic E-state index is 0.396. The molecule has 1 fully saturated rings. The summed E-state index contributed by atoms with van der Waals surface area (Å²) < 4.78 is 0. The van der Waals surface area contributed by atoms with Crippen molar-refractivity contribution < 1.29 is 0 Å². The van der Waals surface area contributed by atoms with E-state index in [9.17, 15) is 0 Å². The maximum Gasteiger partial charge on any atom is 0.0621 e. The number of nitrogens with zero attached hydrogens (tertiary/aromatic N) is 3. The van der Waals surface area contributed by atoms with Gasteiger partial charge in [0.15, 0.2) is 0 Å². The molecule has 1 saturated heterocycles. The summed E-state index contributed by atoms with van der Waals surface area (Å²) in [5.41, 5.74) is 1.16. The molecule has 5 heteroatoms. The molecule has 1 aromatic heterocycles. The first-order chi connectivity index (χ1) is 9.11. The molecule has 1 aromatic rings. The Balaban J connectivity index is 2.09. The van der Waals surface area contributed by atoms with E-state index < -0.39 is 0 Å². The van der Waals surface area contributed by atoms with Gasteiger partial charge in [0.25, 0.3) is 0 Å². The van der Waals surface area contributed by atoms with Crippen LogP contribution in [-0.4, -0.2) is 67.6 Å². The molecule has 1 aliphatic heterocycles. The molecule has 2 unspecified atom stereocenters. The Bertz CT molecular complexity index is 412. The number of nitrogens with one attached hydrogen (secondary N) is 1. The summed E-state index contributed by atoms with van der Waals surface area (Å²) in [4.78, 5) is 8.88. The normalized spacial score (nSPS) is 23.5. The molecule has 19 heavy (non-hydrogen) atoms. The molecule has 0 aromatic carbocycles. The van der Waals surface area contributed by atoms with Crippen molar-refractivity contribution in [2.24, 2.45) is 0 Å². The minimum absolute atomic E-state index is 0.396. The van der Waals surface area contributed by atoms with E-state index in [2.05, 4.69) is 34.2 Å². The molecule has 0 radical (unpaired) electrons. The Morgan fingerprint density at radius 2 is 2.26 bits per heavy atom. The van der Waals surface area contributed by atoms with Crippen LogP contribution in [0.2, 0.25) is 5.02 Å². The van der Waals surface area contributed by atoms with Crippen molar-refractivity contribution >= 4 is 11.6 Å². The van der Waals surface area contributed by atoms with Gasteiger partial charge in [0, 0.05) is 44.1 Å².